The fourth-order valence-corrected chi connectivity index (χ4v) is 3.84. The van der Waals surface area contributed by atoms with E-state index in [0.717, 1.165) is 31.7 Å². The van der Waals surface area contributed by atoms with Crippen molar-refractivity contribution in [1.82, 2.24) is 19.6 Å². The van der Waals surface area contributed by atoms with Crippen LogP contribution in [0, 0.1) is 5.92 Å². The molecule has 158 valence electrons. The first-order valence-electron chi connectivity index (χ1n) is 10.5. The molecule has 1 aromatic carbocycles. The van der Waals surface area contributed by atoms with Crippen LogP contribution in [0.15, 0.2) is 42.7 Å². The van der Waals surface area contributed by atoms with Gasteiger partial charge in [-0.1, -0.05) is 32.0 Å². The predicted octanol–water partition coefficient (Wildman–Crippen LogP) is 4.34. The molecule has 6 nitrogen and oxygen atoms in total. The van der Waals surface area contributed by atoms with Crippen LogP contribution in [0.2, 0.25) is 0 Å². The smallest absolute Gasteiger partial charge is 0.410 e. The summed E-state index contributed by atoms with van der Waals surface area (Å²) in [7, 11) is 0. The van der Waals surface area contributed by atoms with E-state index in [2.05, 4.69) is 42.0 Å². The maximum absolute atomic E-state index is 12.5. The molecule has 0 N–H and O–H groups in total. The monoisotopic (exact) mass is 398 g/mol. The Hall–Kier alpha value is -2.34. The van der Waals surface area contributed by atoms with E-state index < -0.39 is 5.60 Å². The zero-order valence-corrected chi connectivity index (χ0v) is 18.3. The van der Waals surface area contributed by atoms with E-state index >= 15 is 0 Å². The van der Waals surface area contributed by atoms with Gasteiger partial charge in [0.15, 0.2) is 0 Å². The highest BCUT2D eigenvalue weighted by Crippen LogP contribution is 2.24. The number of hydrogen-bond donors (Lipinski definition) is 0. The van der Waals surface area contributed by atoms with Gasteiger partial charge in [-0.05, 0) is 50.8 Å². The molecular formula is C23H34N4O2. The summed E-state index contributed by atoms with van der Waals surface area (Å²) >= 11 is 0. The highest BCUT2D eigenvalue weighted by atomic mass is 16.6. The Morgan fingerprint density at radius 3 is 2.69 bits per heavy atom. The third-order valence-electron chi connectivity index (χ3n) is 5.05. The molecular weight excluding hydrogens is 364 g/mol. The van der Waals surface area contributed by atoms with Crippen LogP contribution in [-0.4, -0.2) is 57.0 Å². The van der Waals surface area contributed by atoms with Crippen molar-refractivity contribution < 1.29 is 9.53 Å². The van der Waals surface area contributed by atoms with Crippen LogP contribution >= 0.6 is 0 Å². The Morgan fingerprint density at radius 2 is 2.03 bits per heavy atom. The fraction of sp³-hybridized carbons (Fsp3) is 0.565. The molecule has 2 aromatic rings. The van der Waals surface area contributed by atoms with Crippen molar-refractivity contribution in [3.63, 3.8) is 0 Å². The molecule has 1 amide bonds. The van der Waals surface area contributed by atoms with Crippen LogP contribution in [0.3, 0.4) is 0 Å². The van der Waals surface area contributed by atoms with Crippen molar-refractivity contribution >= 4 is 6.09 Å². The fourth-order valence-electron chi connectivity index (χ4n) is 3.84. The van der Waals surface area contributed by atoms with Crippen molar-refractivity contribution in [2.24, 2.45) is 5.92 Å². The van der Waals surface area contributed by atoms with Gasteiger partial charge in [-0.2, -0.15) is 5.10 Å². The zero-order valence-electron chi connectivity index (χ0n) is 18.3. The minimum atomic E-state index is -0.463. The van der Waals surface area contributed by atoms with Gasteiger partial charge in [0.05, 0.1) is 5.69 Å². The molecule has 1 saturated heterocycles. The number of ether oxygens (including phenoxy) is 1. The van der Waals surface area contributed by atoms with E-state index in [9.17, 15) is 4.79 Å². The Morgan fingerprint density at radius 1 is 1.28 bits per heavy atom. The highest BCUT2D eigenvalue weighted by molar-refractivity contribution is 5.68. The first-order valence-corrected chi connectivity index (χ1v) is 10.5. The van der Waals surface area contributed by atoms with Crippen molar-refractivity contribution in [2.75, 3.05) is 19.6 Å². The summed E-state index contributed by atoms with van der Waals surface area (Å²) in [6.45, 7) is 13.5. The van der Waals surface area contributed by atoms with E-state index in [-0.39, 0.29) is 6.09 Å². The molecule has 0 bridgehead atoms. The van der Waals surface area contributed by atoms with E-state index in [1.54, 1.807) is 6.20 Å². The molecule has 0 spiro atoms. The van der Waals surface area contributed by atoms with Crippen LogP contribution in [0.4, 0.5) is 4.79 Å². The molecule has 1 aromatic heterocycles. The van der Waals surface area contributed by atoms with Crippen molar-refractivity contribution in [1.29, 1.82) is 0 Å². The Bertz CT molecular complexity index is 795. The van der Waals surface area contributed by atoms with Gasteiger partial charge in [0.2, 0.25) is 0 Å². The number of benzene rings is 1. The lowest BCUT2D eigenvalue weighted by molar-refractivity contribution is 0.0277. The summed E-state index contributed by atoms with van der Waals surface area (Å²) in [6.07, 6.45) is 4.54. The zero-order chi connectivity index (χ0) is 21.0. The largest absolute Gasteiger partial charge is 0.444 e. The van der Waals surface area contributed by atoms with Gasteiger partial charge in [0.25, 0.3) is 0 Å². The number of para-hydroxylation sites is 1. The normalized spacial score (nSPS) is 17.3. The van der Waals surface area contributed by atoms with Gasteiger partial charge < -0.3 is 9.64 Å². The lowest BCUT2D eigenvalue weighted by Gasteiger charge is -2.31. The van der Waals surface area contributed by atoms with Gasteiger partial charge >= 0.3 is 6.09 Å². The van der Waals surface area contributed by atoms with Crippen LogP contribution in [0.25, 0.3) is 5.69 Å². The maximum atomic E-state index is 12.5. The topological polar surface area (TPSA) is 50.6 Å². The summed E-state index contributed by atoms with van der Waals surface area (Å²) in [5.74, 6) is 0.544. The first kappa shape index (κ1) is 21.4. The van der Waals surface area contributed by atoms with Crippen molar-refractivity contribution in [2.45, 2.75) is 59.2 Å². The first-order chi connectivity index (χ1) is 13.7. The van der Waals surface area contributed by atoms with Gasteiger partial charge in [-0.15, -0.1) is 0 Å². The number of likely N-dealkylation sites (tertiary alicyclic amines) is 1. The number of aromatic nitrogens is 2. The third kappa shape index (κ3) is 5.82. The molecule has 0 saturated carbocycles. The van der Waals surface area contributed by atoms with E-state index in [1.807, 2.05) is 48.7 Å². The van der Waals surface area contributed by atoms with Crippen LogP contribution in [-0.2, 0) is 11.3 Å². The molecule has 1 aliphatic heterocycles. The highest BCUT2D eigenvalue weighted by Gasteiger charge is 2.33. The molecule has 3 rings (SSSR count). The SMILES string of the molecule is CC(C)CN(Cc1ccccc1-n1cccn1)[C@H]1CCN(C(=O)OC(C)(C)C)C1. The number of carbonyl (C=O) groups is 1. The summed E-state index contributed by atoms with van der Waals surface area (Å²) in [6, 6.07) is 10.7. The Kier molecular flexibility index (Phi) is 6.63. The number of nitrogens with zero attached hydrogens (tertiary/aromatic N) is 4. The number of amides is 1. The van der Waals surface area contributed by atoms with Gasteiger partial charge in [0, 0.05) is 44.6 Å². The second-order valence-corrected chi connectivity index (χ2v) is 9.27. The maximum Gasteiger partial charge on any atom is 0.410 e. The number of carbonyl (C=O) groups excluding carboxylic acids is 1. The minimum absolute atomic E-state index is 0.207. The average Bonchev–Trinajstić information content (AvgIpc) is 3.32. The Balaban J connectivity index is 1.74. The van der Waals surface area contributed by atoms with Crippen LogP contribution in [0.1, 0.15) is 46.6 Å². The molecule has 1 fully saturated rings. The lowest BCUT2D eigenvalue weighted by atomic mass is 10.1. The summed E-state index contributed by atoms with van der Waals surface area (Å²) in [4.78, 5) is 16.9. The summed E-state index contributed by atoms with van der Waals surface area (Å²) < 4.78 is 7.50. The van der Waals surface area contributed by atoms with Gasteiger partial charge in [-0.25, -0.2) is 9.48 Å². The number of hydrogen-bond acceptors (Lipinski definition) is 4. The third-order valence-corrected chi connectivity index (χ3v) is 5.05. The summed E-state index contributed by atoms with van der Waals surface area (Å²) in [5, 5.41) is 4.41. The Labute approximate surface area is 174 Å². The molecule has 1 aliphatic rings. The average molecular weight is 399 g/mol. The van der Waals surface area contributed by atoms with Gasteiger partial charge in [0.1, 0.15) is 5.60 Å². The number of rotatable bonds is 6. The molecule has 0 aliphatic carbocycles. The molecule has 0 unspecified atom stereocenters. The van der Waals surface area contributed by atoms with Crippen LogP contribution in [0.5, 0.6) is 0 Å². The molecule has 1 atom stereocenters. The molecule has 2 heterocycles. The predicted molar refractivity (Wildman–Crippen MR) is 115 cm³/mol. The van der Waals surface area contributed by atoms with E-state index in [0.29, 0.717) is 18.5 Å². The molecule has 29 heavy (non-hydrogen) atoms. The van der Waals surface area contributed by atoms with Gasteiger partial charge in [-0.3, -0.25) is 4.90 Å². The summed E-state index contributed by atoms with van der Waals surface area (Å²) in [5.41, 5.74) is 1.89. The van der Waals surface area contributed by atoms with Crippen molar-refractivity contribution in [3.8, 4) is 5.69 Å². The lowest BCUT2D eigenvalue weighted by Crippen LogP contribution is -2.41. The quantitative estimate of drug-likeness (QED) is 0.726. The van der Waals surface area contributed by atoms with E-state index in [4.69, 9.17) is 4.74 Å². The standard InChI is InChI=1S/C23H34N4O2/c1-18(2)15-26(20-11-14-25(17-20)22(28)29-23(3,4)5)16-19-9-6-7-10-21(19)27-13-8-12-24-27/h6-10,12-13,18,20H,11,14-17H2,1-5H3/t20-/m0/s1. The van der Waals surface area contributed by atoms with Crippen molar-refractivity contribution in [3.05, 3.63) is 48.3 Å². The minimum Gasteiger partial charge on any atom is -0.444 e. The molecule has 0 radical (unpaired) electrons. The molecule has 6 heteroatoms. The van der Waals surface area contributed by atoms with Crippen LogP contribution < -0.4 is 0 Å². The second-order valence-electron chi connectivity index (χ2n) is 9.27. The second kappa shape index (κ2) is 8.99. The van der Waals surface area contributed by atoms with E-state index in [1.165, 1.54) is 5.56 Å².